The van der Waals surface area contributed by atoms with Gasteiger partial charge in [-0.25, -0.2) is 4.79 Å². The summed E-state index contributed by atoms with van der Waals surface area (Å²) in [6, 6.07) is -1.28. The molecule has 4 unspecified atom stereocenters. The molecule has 0 aliphatic rings. The predicted molar refractivity (Wildman–Crippen MR) is 80.2 cm³/mol. The molecule has 0 heterocycles. The van der Waals surface area contributed by atoms with Crippen LogP contribution in [0.2, 0.25) is 0 Å². The maximum absolute atomic E-state index is 12.1. The normalized spacial score (nSPS) is 16.4. The van der Waals surface area contributed by atoms with Gasteiger partial charge in [0.1, 0.15) is 11.3 Å². The van der Waals surface area contributed by atoms with Gasteiger partial charge in [-0.2, -0.15) is 0 Å². The van der Waals surface area contributed by atoms with Crippen LogP contribution in [0.1, 0.15) is 40.5 Å². The minimum Gasteiger partial charge on any atom is -0.480 e. The molecule has 0 aromatic heterocycles. The highest BCUT2D eigenvalue weighted by molar-refractivity contribution is 7.86. The van der Waals surface area contributed by atoms with Crippen LogP contribution >= 0.6 is 0 Å². The highest BCUT2D eigenvalue weighted by atomic mass is 32.2. The van der Waals surface area contributed by atoms with Crippen LogP contribution in [-0.2, 0) is 25.2 Å². The van der Waals surface area contributed by atoms with Crippen LogP contribution in [-0.4, -0.2) is 50.2 Å². The van der Waals surface area contributed by atoms with Gasteiger partial charge in [0.15, 0.2) is 0 Å². The Kier molecular flexibility index (Phi) is 8.84. The van der Waals surface area contributed by atoms with E-state index in [2.05, 4.69) is 10.6 Å². The standard InChI is InChI=1S/C13H24N2O5S/c1-5-6-8(2)14-12(17)9(3)21(20)7-11(13(18)19)15-10(4)16/h8-9,11H,5-7H2,1-4H3,(H,14,17)(H,15,16)(H,18,19). The van der Waals surface area contributed by atoms with E-state index >= 15 is 0 Å². The van der Waals surface area contributed by atoms with Gasteiger partial charge in [-0.1, -0.05) is 13.3 Å². The van der Waals surface area contributed by atoms with E-state index in [-0.39, 0.29) is 17.7 Å². The number of carbonyl (C=O) groups is 3. The number of carboxylic acid groups (broad SMARTS) is 1. The maximum atomic E-state index is 12.1. The molecule has 0 aromatic carbocycles. The summed E-state index contributed by atoms with van der Waals surface area (Å²) >= 11 is 0. The fraction of sp³-hybridized carbons (Fsp3) is 0.769. The molecule has 2 amide bonds. The van der Waals surface area contributed by atoms with E-state index < -0.39 is 34.0 Å². The molecule has 7 nitrogen and oxygen atoms in total. The molecule has 0 spiro atoms. The average molecular weight is 320 g/mol. The monoisotopic (exact) mass is 320 g/mol. The fourth-order valence-corrected chi connectivity index (χ4v) is 2.86. The molecule has 4 atom stereocenters. The van der Waals surface area contributed by atoms with Crippen LogP contribution in [0.25, 0.3) is 0 Å². The number of amides is 2. The minimum absolute atomic E-state index is 0.0208. The quantitative estimate of drug-likeness (QED) is 0.554. The van der Waals surface area contributed by atoms with Gasteiger partial charge in [-0.15, -0.1) is 0 Å². The van der Waals surface area contributed by atoms with Crippen LogP contribution in [0.4, 0.5) is 0 Å². The maximum Gasteiger partial charge on any atom is 0.327 e. The fourth-order valence-electron chi connectivity index (χ4n) is 1.71. The molecule has 0 saturated carbocycles. The molecule has 0 aliphatic heterocycles. The zero-order chi connectivity index (χ0) is 16.6. The van der Waals surface area contributed by atoms with Crippen LogP contribution in [0.15, 0.2) is 0 Å². The SMILES string of the molecule is CCCC(C)NC(=O)C(C)S(=O)CC(NC(C)=O)C(=O)O. The summed E-state index contributed by atoms with van der Waals surface area (Å²) in [4.78, 5) is 33.8. The number of carbonyl (C=O) groups excluding carboxylic acids is 2. The van der Waals surface area contributed by atoms with Gasteiger partial charge < -0.3 is 15.7 Å². The van der Waals surface area contributed by atoms with Crippen molar-refractivity contribution in [1.29, 1.82) is 0 Å². The Hall–Kier alpha value is -1.44. The summed E-state index contributed by atoms with van der Waals surface area (Å²) < 4.78 is 12.1. The lowest BCUT2D eigenvalue weighted by atomic mass is 10.2. The average Bonchev–Trinajstić information content (AvgIpc) is 2.36. The van der Waals surface area contributed by atoms with Crippen molar-refractivity contribution in [2.45, 2.75) is 57.9 Å². The lowest BCUT2D eigenvalue weighted by Crippen LogP contribution is -2.47. The van der Waals surface area contributed by atoms with Crippen molar-refractivity contribution in [3.63, 3.8) is 0 Å². The van der Waals surface area contributed by atoms with Crippen molar-refractivity contribution in [3.8, 4) is 0 Å². The smallest absolute Gasteiger partial charge is 0.327 e. The van der Waals surface area contributed by atoms with Crippen molar-refractivity contribution in [2.75, 3.05) is 5.75 Å². The van der Waals surface area contributed by atoms with Crippen LogP contribution in [0.5, 0.6) is 0 Å². The topological polar surface area (TPSA) is 113 Å². The van der Waals surface area contributed by atoms with Gasteiger partial charge >= 0.3 is 5.97 Å². The summed E-state index contributed by atoms with van der Waals surface area (Å²) in [5, 5.41) is 13.1. The molecule has 0 radical (unpaired) electrons. The van der Waals surface area contributed by atoms with Crippen molar-refractivity contribution >= 4 is 28.6 Å². The molecule has 0 aliphatic carbocycles. The zero-order valence-electron chi connectivity index (χ0n) is 12.8. The van der Waals surface area contributed by atoms with Gasteiger partial charge in [0.2, 0.25) is 11.8 Å². The minimum atomic E-state index is -1.69. The molecule has 0 fully saturated rings. The van der Waals surface area contributed by atoms with Crippen molar-refractivity contribution in [3.05, 3.63) is 0 Å². The molecule has 8 heteroatoms. The highest BCUT2D eigenvalue weighted by Crippen LogP contribution is 2.03. The molecule has 122 valence electrons. The van der Waals surface area contributed by atoms with Crippen LogP contribution < -0.4 is 10.6 Å². The first-order valence-electron chi connectivity index (χ1n) is 6.86. The molecule has 0 rings (SSSR count). The molecule has 0 bridgehead atoms. The number of rotatable bonds is 9. The third kappa shape index (κ3) is 7.79. The first-order chi connectivity index (χ1) is 9.68. The summed E-state index contributed by atoms with van der Waals surface area (Å²) in [5.74, 6) is -2.47. The second-order valence-corrected chi connectivity index (χ2v) is 6.78. The molecular formula is C13H24N2O5S. The van der Waals surface area contributed by atoms with E-state index in [1.165, 1.54) is 13.8 Å². The van der Waals surface area contributed by atoms with Gasteiger partial charge in [0, 0.05) is 23.8 Å². The summed E-state index contributed by atoms with van der Waals surface area (Å²) in [5.41, 5.74) is 0. The number of carboxylic acids is 1. The second-order valence-electron chi connectivity index (χ2n) is 4.98. The van der Waals surface area contributed by atoms with Crippen LogP contribution in [0.3, 0.4) is 0 Å². The lowest BCUT2D eigenvalue weighted by molar-refractivity contribution is -0.140. The van der Waals surface area contributed by atoms with Crippen LogP contribution in [0, 0.1) is 0 Å². The Balaban J connectivity index is 4.57. The first-order valence-corrected chi connectivity index (χ1v) is 8.24. The van der Waals surface area contributed by atoms with E-state index in [0.717, 1.165) is 12.8 Å². The molecule has 0 saturated heterocycles. The Morgan fingerprint density at radius 1 is 1.19 bits per heavy atom. The Morgan fingerprint density at radius 2 is 1.76 bits per heavy atom. The predicted octanol–water partition coefficient (Wildman–Crippen LogP) is 0.0177. The van der Waals surface area contributed by atoms with E-state index in [4.69, 9.17) is 5.11 Å². The van der Waals surface area contributed by atoms with Gasteiger partial charge in [0.25, 0.3) is 0 Å². The first kappa shape index (κ1) is 19.6. The molecule has 0 aromatic rings. The Bertz CT molecular complexity index is 413. The van der Waals surface area contributed by atoms with Crippen molar-refractivity contribution < 1.29 is 23.7 Å². The zero-order valence-corrected chi connectivity index (χ0v) is 13.7. The number of hydrogen-bond donors (Lipinski definition) is 3. The summed E-state index contributed by atoms with van der Waals surface area (Å²) in [7, 11) is -1.69. The molecule has 3 N–H and O–H groups in total. The van der Waals surface area contributed by atoms with Gasteiger partial charge in [-0.05, 0) is 20.3 Å². The molecular weight excluding hydrogens is 296 g/mol. The van der Waals surface area contributed by atoms with E-state index in [1.54, 1.807) is 0 Å². The largest absolute Gasteiger partial charge is 0.480 e. The summed E-state index contributed by atoms with van der Waals surface area (Å²) in [6.07, 6.45) is 1.73. The third-order valence-electron chi connectivity index (χ3n) is 2.88. The number of hydrogen-bond acceptors (Lipinski definition) is 4. The van der Waals surface area contributed by atoms with E-state index in [1.807, 2.05) is 13.8 Å². The van der Waals surface area contributed by atoms with Gasteiger partial charge in [0.05, 0.1) is 5.75 Å². The van der Waals surface area contributed by atoms with Crippen molar-refractivity contribution in [2.24, 2.45) is 0 Å². The Labute approximate surface area is 127 Å². The lowest BCUT2D eigenvalue weighted by Gasteiger charge is -2.19. The number of aliphatic carboxylic acids is 1. The third-order valence-corrected chi connectivity index (χ3v) is 4.55. The van der Waals surface area contributed by atoms with E-state index in [0.29, 0.717) is 0 Å². The van der Waals surface area contributed by atoms with Crippen molar-refractivity contribution in [1.82, 2.24) is 10.6 Å². The van der Waals surface area contributed by atoms with Gasteiger partial charge in [-0.3, -0.25) is 13.8 Å². The summed E-state index contributed by atoms with van der Waals surface area (Å²) in [6.45, 7) is 6.52. The van der Waals surface area contributed by atoms with E-state index in [9.17, 15) is 18.6 Å². The number of nitrogens with one attached hydrogen (secondary N) is 2. The Morgan fingerprint density at radius 3 is 2.19 bits per heavy atom. The molecule has 21 heavy (non-hydrogen) atoms. The second kappa shape index (κ2) is 9.49. The highest BCUT2D eigenvalue weighted by Gasteiger charge is 2.27.